The molecule has 0 radical (unpaired) electrons. The van der Waals surface area contributed by atoms with E-state index in [4.69, 9.17) is 0 Å². The van der Waals surface area contributed by atoms with E-state index in [0.717, 1.165) is 31.5 Å². The summed E-state index contributed by atoms with van der Waals surface area (Å²) < 4.78 is 26.2. The van der Waals surface area contributed by atoms with Crippen LogP contribution in [-0.4, -0.2) is 45.5 Å². The minimum absolute atomic E-state index is 0.0555. The van der Waals surface area contributed by atoms with Crippen molar-refractivity contribution in [1.29, 1.82) is 0 Å². The first-order valence-electron chi connectivity index (χ1n) is 9.89. The number of benzene rings is 1. The summed E-state index contributed by atoms with van der Waals surface area (Å²) >= 11 is 1.32. The van der Waals surface area contributed by atoms with Crippen molar-refractivity contribution in [3.8, 4) is 0 Å². The Labute approximate surface area is 178 Å². The molecule has 0 saturated carbocycles. The van der Waals surface area contributed by atoms with E-state index in [9.17, 15) is 18.4 Å². The van der Waals surface area contributed by atoms with Crippen LogP contribution in [0.15, 0.2) is 41.8 Å². The molecule has 1 fully saturated rings. The van der Waals surface area contributed by atoms with E-state index in [2.05, 4.69) is 15.3 Å². The van der Waals surface area contributed by atoms with Gasteiger partial charge in [-0.2, -0.15) is 0 Å². The molecular formula is C21H24F2N4O2S. The lowest BCUT2D eigenvalue weighted by Crippen LogP contribution is -2.41. The Balaban J connectivity index is 1.38. The molecule has 2 amide bonds. The summed E-state index contributed by atoms with van der Waals surface area (Å²) in [5.41, 5.74) is 0.511. The summed E-state index contributed by atoms with van der Waals surface area (Å²) in [4.78, 5) is 34.6. The summed E-state index contributed by atoms with van der Waals surface area (Å²) in [7, 11) is 0. The fourth-order valence-electron chi connectivity index (χ4n) is 3.38. The van der Waals surface area contributed by atoms with Crippen LogP contribution in [0.25, 0.3) is 0 Å². The highest BCUT2D eigenvalue weighted by Gasteiger charge is 2.24. The Hall–Kier alpha value is -2.55. The lowest BCUT2D eigenvalue weighted by atomic mass is 9.93. The summed E-state index contributed by atoms with van der Waals surface area (Å²) in [6.07, 6.45) is 6.21. The average Bonchev–Trinajstić information content (AvgIpc) is 2.77. The highest BCUT2D eigenvalue weighted by Crippen LogP contribution is 2.22. The maximum Gasteiger partial charge on any atom is 0.233 e. The lowest BCUT2D eigenvalue weighted by Gasteiger charge is -2.32. The first-order chi connectivity index (χ1) is 14.5. The smallest absolute Gasteiger partial charge is 0.233 e. The van der Waals surface area contributed by atoms with Gasteiger partial charge >= 0.3 is 0 Å². The van der Waals surface area contributed by atoms with Crippen molar-refractivity contribution < 1.29 is 18.4 Å². The number of aromatic nitrogens is 2. The average molecular weight is 435 g/mol. The van der Waals surface area contributed by atoms with E-state index in [1.807, 2.05) is 4.90 Å². The minimum atomic E-state index is -0.925. The summed E-state index contributed by atoms with van der Waals surface area (Å²) in [6, 6.07) is 5.31. The van der Waals surface area contributed by atoms with Crippen LogP contribution < -0.4 is 5.32 Å². The quantitative estimate of drug-likeness (QED) is 0.510. The molecule has 2 heterocycles. The Morgan fingerprint density at radius 2 is 2.00 bits per heavy atom. The van der Waals surface area contributed by atoms with Crippen molar-refractivity contribution in [3.63, 3.8) is 0 Å². The van der Waals surface area contributed by atoms with Gasteiger partial charge in [-0.15, -0.1) is 0 Å². The number of carbonyl (C=O) groups is 2. The SMILES string of the molecule is O=C(CC[C@@H]1CCCN(C(=O)CSc2ncccn2)C1)NCc1ccc(F)c(F)c1. The largest absolute Gasteiger partial charge is 0.352 e. The van der Waals surface area contributed by atoms with Crippen molar-refractivity contribution in [2.45, 2.75) is 37.4 Å². The molecule has 1 aromatic heterocycles. The number of halogens is 2. The number of thioether (sulfide) groups is 1. The topological polar surface area (TPSA) is 75.2 Å². The van der Waals surface area contributed by atoms with E-state index in [1.54, 1.807) is 18.5 Å². The highest BCUT2D eigenvalue weighted by atomic mass is 32.2. The van der Waals surface area contributed by atoms with Crippen LogP contribution in [0.1, 0.15) is 31.2 Å². The molecule has 1 aliphatic heterocycles. The summed E-state index contributed by atoms with van der Waals surface area (Å²) in [5, 5.41) is 3.31. The van der Waals surface area contributed by atoms with E-state index in [-0.39, 0.29) is 24.3 Å². The van der Waals surface area contributed by atoms with Gasteiger partial charge in [0.2, 0.25) is 11.8 Å². The van der Waals surface area contributed by atoms with Gasteiger partial charge in [0.1, 0.15) is 0 Å². The molecule has 160 valence electrons. The van der Waals surface area contributed by atoms with E-state index >= 15 is 0 Å². The monoisotopic (exact) mass is 434 g/mol. The standard InChI is InChI=1S/C21H24F2N4O2S/c22-17-6-4-16(11-18(17)23)12-26-19(28)7-5-15-3-1-10-27(13-15)20(29)14-30-21-24-8-2-9-25-21/h2,4,6,8-9,11,15H,1,3,5,7,10,12-14H2,(H,26,28)/t15-/m0/s1. The summed E-state index contributed by atoms with van der Waals surface area (Å²) in [6.45, 7) is 1.53. The molecule has 1 aliphatic rings. The molecule has 0 unspecified atom stereocenters. The zero-order valence-corrected chi connectivity index (χ0v) is 17.3. The molecule has 30 heavy (non-hydrogen) atoms. The number of piperidine rings is 1. The van der Waals surface area contributed by atoms with Crippen LogP contribution in [0.2, 0.25) is 0 Å². The molecule has 1 aromatic carbocycles. The molecule has 2 aromatic rings. The molecule has 0 bridgehead atoms. The van der Waals surface area contributed by atoms with Crippen LogP contribution in [0, 0.1) is 17.6 Å². The van der Waals surface area contributed by atoms with Crippen LogP contribution in [0.4, 0.5) is 8.78 Å². The second-order valence-electron chi connectivity index (χ2n) is 7.23. The fourth-order valence-corrected chi connectivity index (χ4v) is 4.08. The first-order valence-corrected chi connectivity index (χ1v) is 10.9. The third-order valence-electron chi connectivity index (χ3n) is 4.99. The second kappa shape index (κ2) is 11.0. The molecule has 6 nitrogen and oxygen atoms in total. The van der Waals surface area contributed by atoms with E-state index < -0.39 is 11.6 Å². The Morgan fingerprint density at radius 3 is 2.77 bits per heavy atom. The number of carbonyl (C=O) groups excluding carboxylic acids is 2. The highest BCUT2D eigenvalue weighted by molar-refractivity contribution is 7.99. The predicted octanol–water partition coefficient (Wildman–Crippen LogP) is 3.18. The number of hydrogen-bond acceptors (Lipinski definition) is 5. The van der Waals surface area contributed by atoms with Crippen LogP contribution in [-0.2, 0) is 16.1 Å². The zero-order valence-electron chi connectivity index (χ0n) is 16.5. The van der Waals surface area contributed by atoms with Gasteiger partial charge in [-0.05, 0) is 48.9 Å². The van der Waals surface area contributed by atoms with Gasteiger partial charge < -0.3 is 10.2 Å². The van der Waals surface area contributed by atoms with Crippen molar-refractivity contribution in [2.24, 2.45) is 5.92 Å². The molecule has 1 N–H and O–H groups in total. The molecule has 9 heteroatoms. The Morgan fingerprint density at radius 1 is 1.20 bits per heavy atom. The lowest BCUT2D eigenvalue weighted by molar-refractivity contribution is -0.130. The van der Waals surface area contributed by atoms with Crippen LogP contribution in [0.5, 0.6) is 0 Å². The number of likely N-dealkylation sites (tertiary alicyclic amines) is 1. The Kier molecular flexibility index (Phi) is 8.12. The van der Waals surface area contributed by atoms with Gasteiger partial charge in [-0.1, -0.05) is 17.8 Å². The van der Waals surface area contributed by atoms with Crippen molar-refractivity contribution in [2.75, 3.05) is 18.8 Å². The third-order valence-corrected chi connectivity index (χ3v) is 5.85. The minimum Gasteiger partial charge on any atom is -0.352 e. The molecule has 0 aliphatic carbocycles. The van der Waals surface area contributed by atoms with Crippen molar-refractivity contribution in [1.82, 2.24) is 20.2 Å². The van der Waals surface area contributed by atoms with Gasteiger partial charge in [-0.3, -0.25) is 9.59 Å². The molecule has 1 atom stereocenters. The Bertz CT molecular complexity index is 869. The first kappa shape index (κ1) is 22.1. The maximum absolute atomic E-state index is 13.2. The maximum atomic E-state index is 13.2. The number of amides is 2. The molecular weight excluding hydrogens is 410 g/mol. The molecule has 1 saturated heterocycles. The second-order valence-corrected chi connectivity index (χ2v) is 8.17. The van der Waals surface area contributed by atoms with E-state index in [1.165, 1.54) is 17.8 Å². The molecule has 0 spiro atoms. The fraction of sp³-hybridized carbons (Fsp3) is 0.429. The number of hydrogen-bond donors (Lipinski definition) is 1. The van der Waals surface area contributed by atoms with Gasteiger partial charge in [0.05, 0.1) is 5.75 Å². The van der Waals surface area contributed by atoms with Crippen molar-refractivity contribution >= 4 is 23.6 Å². The van der Waals surface area contributed by atoms with E-state index in [0.29, 0.717) is 35.9 Å². The van der Waals surface area contributed by atoms with Gasteiger partial charge in [0.15, 0.2) is 16.8 Å². The van der Waals surface area contributed by atoms with Gasteiger partial charge in [0.25, 0.3) is 0 Å². The van der Waals surface area contributed by atoms with Crippen LogP contribution >= 0.6 is 11.8 Å². The van der Waals surface area contributed by atoms with Gasteiger partial charge in [0, 0.05) is 38.4 Å². The number of nitrogens with zero attached hydrogens (tertiary/aromatic N) is 3. The third kappa shape index (κ3) is 6.76. The number of nitrogens with one attached hydrogen (secondary N) is 1. The zero-order chi connectivity index (χ0) is 21.3. The van der Waals surface area contributed by atoms with Gasteiger partial charge in [-0.25, -0.2) is 18.7 Å². The predicted molar refractivity (Wildman–Crippen MR) is 109 cm³/mol. The molecule has 3 rings (SSSR count). The van der Waals surface area contributed by atoms with Crippen LogP contribution in [0.3, 0.4) is 0 Å². The number of rotatable bonds is 8. The van der Waals surface area contributed by atoms with Crippen molar-refractivity contribution in [3.05, 3.63) is 53.9 Å². The normalized spacial score (nSPS) is 16.3. The summed E-state index contributed by atoms with van der Waals surface area (Å²) in [5.74, 6) is -1.35.